The minimum atomic E-state index is 0.119. The summed E-state index contributed by atoms with van der Waals surface area (Å²) in [6.07, 6.45) is 0. The van der Waals surface area contributed by atoms with Crippen molar-refractivity contribution in [1.82, 2.24) is 9.97 Å². The van der Waals surface area contributed by atoms with Crippen LogP contribution in [0, 0.1) is 0 Å². The van der Waals surface area contributed by atoms with E-state index in [0.29, 0.717) is 20.6 Å². The molecule has 5 heteroatoms. The summed E-state index contributed by atoms with van der Waals surface area (Å²) in [6, 6.07) is 8.11. The molecule has 0 saturated carbocycles. The van der Waals surface area contributed by atoms with Gasteiger partial charge in [0.2, 0.25) is 0 Å². The minimum absolute atomic E-state index is 0.119. The Morgan fingerprint density at radius 3 is 1.84 bits per heavy atom. The van der Waals surface area contributed by atoms with Crippen LogP contribution in [0.4, 0.5) is 0 Å². The van der Waals surface area contributed by atoms with E-state index in [1.54, 1.807) is 0 Å². The van der Waals surface area contributed by atoms with Crippen LogP contribution in [0.25, 0.3) is 11.4 Å². The summed E-state index contributed by atoms with van der Waals surface area (Å²) in [4.78, 5) is 8.44. The molecular weight excluding hydrogens is 347 g/mol. The van der Waals surface area contributed by atoms with Crippen molar-refractivity contribution in [2.75, 3.05) is 0 Å². The van der Waals surface area contributed by atoms with Gasteiger partial charge < -0.3 is 0 Å². The van der Waals surface area contributed by atoms with Crippen LogP contribution in [-0.4, -0.2) is 9.97 Å². The molecule has 0 aliphatic carbocycles. The first kappa shape index (κ1) is 14.8. The molecule has 2 aromatic rings. The monoisotopic (exact) mass is 358 g/mol. The average Bonchev–Trinajstić information content (AvgIpc) is 2.34. The standard InChI is InChI=1S/C14H13BrCl2N2/c1-14(2,3)9-6-4-8(5-7-9)13-18-11(16)10(15)12(17)19-13/h4-7H,1-3H3. The van der Waals surface area contributed by atoms with Crippen molar-refractivity contribution < 1.29 is 0 Å². The van der Waals surface area contributed by atoms with Crippen molar-refractivity contribution in [3.63, 3.8) is 0 Å². The number of rotatable bonds is 1. The Hall–Kier alpha value is -0.640. The summed E-state index contributed by atoms with van der Waals surface area (Å²) in [6.45, 7) is 6.52. The maximum Gasteiger partial charge on any atom is 0.162 e. The fraction of sp³-hybridized carbons (Fsp3) is 0.286. The van der Waals surface area contributed by atoms with Crippen molar-refractivity contribution >= 4 is 39.1 Å². The molecule has 19 heavy (non-hydrogen) atoms. The molecule has 0 atom stereocenters. The Labute approximate surface area is 131 Å². The maximum absolute atomic E-state index is 5.99. The molecule has 1 aromatic heterocycles. The first-order chi connectivity index (χ1) is 8.79. The largest absolute Gasteiger partial charge is 0.215 e. The molecule has 0 saturated heterocycles. The molecule has 0 bridgehead atoms. The van der Waals surface area contributed by atoms with E-state index in [9.17, 15) is 0 Å². The van der Waals surface area contributed by atoms with E-state index in [2.05, 4.69) is 58.8 Å². The van der Waals surface area contributed by atoms with E-state index in [1.165, 1.54) is 5.56 Å². The zero-order chi connectivity index (χ0) is 14.2. The number of benzene rings is 1. The van der Waals surface area contributed by atoms with Gasteiger partial charge >= 0.3 is 0 Å². The van der Waals surface area contributed by atoms with E-state index >= 15 is 0 Å². The third kappa shape index (κ3) is 3.28. The number of halogens is 3. The summed E-state index contributed by atoms with van der Waals surface area (Å²) in [5, 5.41) is 0.629. The predicted molar refractivity (Wildman–Crippen MR) is 83.9 cm³/mol. The fourth-order valence-electron chi connectivity index (χ4n) is 1.64. The van der Waals surface area contributed by atoms with Gasteiger partial charge in [-0.3, -0.25) is 0 Å². The van der Waals surface area contributed by atoms with Gasteiger partial charge in [0, 0.05) is 5.56 Å². The summed E-state index contributed by atoms with van der Waals surface area (Å²) in [5.74, 6) is 0.527. The normalized spacial score (nSPS) is 11.7. The molecular formula is C14H13BrCl2N2. The van der Waals surface area contributed by atoms with Crippen molar-refractivity contribution in [3.05, 3.63) is 44.6 Å². The lowest BCUT2D eigenvalue weighted by Crippen LogP contribution is -2.10. The predicted octanol–water partition coefficient (Wildman–Crippen LogP) is 5.51. The highest BCUT2D eigenvalue weighted by atomic mass is 79.9. The lowest BCUT2D eigenvalue weighted by molar-refractivity contribution is 0.590. The molecule has 1 heterocycles. The molecule has 2 nitrogen and oxygen atoms in total. The van der Waals surface area contributed by atoms with Crippen LogP contribution in [0.1, 0.15) is 26.3 Å². The number of aromatic nitrogens is 2. The molecule has 0 aliphatic rings. The van der Waals surface area contributed by atoms with Gasteiger partial charge in [-0.05, 0) is 26.9 Å². The number of nitrogens with zero attached hydrogens (tertiary/aromatic N) is 2. The van der Waals surface area contributed by atoms with Gasteiger partial charge in [-0.2, -0.15) is 0 Å². The summed E-state index contributed by atoms with van der Waals surface area (Å²) in [7, 11) is 0. The van der Waals surface area contributed by atoms with Crippen molar-refractivity contribution in [3.8, 4) is 11.4 Å². The van der Waals surface area contributed by atoms with E-state index < -0.39 is 0 Å². The Bertz CT molecular complexity index is 581. The molecule has 1 aromatic carbocycles. The maximum atomic E-state index is 5.99. The Morgan fingerprint density at radius 1 is 0.947 bits per heavy atom. The van der Waals surface area contributed by atoms with Crippen LogP contribution in [0.3, 0.4) is 0 Å². The van der Waals surface area contributed by atoms with E-state index in [0.717, 1.165) is 5.56 Å². The average molecular weight is 360 g/mol. The quantitative estimate of drug-likeness (QED) is 0.627. The lowest BCUT2D eigenvalue weighted by Gasteiger charge is -2.19. The highest BCUT2D eigenvalue weighted by Gasteiger charge is 2.14. The second kappa shape index (κ2) is 5.39. The topological polar surface area (TPSA) is 25.8 Å². The van der Waals surface area contributed by atoms with E-state index in [-0.39, 0.29) is 5.41 Å². The number of hydrogen-bond donors (Lipinski definition) is 0. The second-order valence-electron chi connectivity index (χ2n) is 5.27. The van der Waals surface area contributed by atoms with Gasteiger partial charge in [-0.15, -0.1) is 0 Å². The molecule has 0 aliphatic heterocycles. The highest BCUT2D eigenvalue weighted by Crippen LogP contribution is 2.30. The second-order valence-corrected chi connectivity index (χ2v) is 6.78. The van der Waals surface area contributed by atoms with Gasteiger partial charge in [0.15, 0.2) is 5.82 Å². The van der Waals surface area contributed by atoms with Crippen molar-refractivity contribution in [2.24, 2.45) is 0 Å². The molecule has 0 unspecified atom stereocenters. The van der Waals surface area contributed by atoms with E-state index in [4.69, 9.17) is 23.2 Å². The van der Waals surface area contributed by atoms with Crippen LogP contribution >= 0.6 is 39.1 Å². The van der Waals surface area contributed by atoms with Crippen molar-refractivity contribution in [1.29, 1.82) is 0 Å². The smallest absolute Gasteiger partial charge is 0.162 e. The minimum Gasteiger partial charge on any atom is -0.215 e. The Kier molecular flexibility index (Phi) is 4.19. The zero-order valence-electron chi connectivity index (χ0n) is 10.8. The van der Waals surface area contributed by atoms with Gasteiger partial charge in [0.05, 0.1) is 4.47 Å². The number of hydrogen-bond acceptors (Lipinski definition) is 2. The molecule has 100 valence electrons. The Morgan fingerprint density at radius 2 is 1.42 bits per heavy atom. The zero-order valence-corrected chi connectivity index (χ0v) is 13.9. The molecule has 0 radical (unpaired) electrons. The highest BCUT2D eigenvalue weighted by molar-refractivity contribution is 9.10. The first-order valence-electron chi connectivity index (χ1n) is 5.78. The lowest BCUT2D eigenvalue weighted by atomic mass is 9.87. The first-order valence-corrected chi connectivity index (χ1v) is 7.33. The summed E-state index contributed by atoms with van der Waals surface area (Å²) in [5.41, 5.74) is 2.27. The van der Waals surface area contributed by atoms with Crippen LogP contribution in [0.15, 0.2) is 28.7 Å². The molecule has 2 rings (SSSR count). The molecule has 0 fully saturated rings. The van der Waals surface area contributed by atoms with Crippen LogP contribution in [0.2, 0.25) is 10.3 Å². The van der Waals surface area contributed by atoms with Crippen LogP contribution in [-0.2, 0) is 5.41 Å². The third-order valence-electron chi connectivity index (χ3n) is 2.78. The summed E-state index contributed by atoms with van der Waals surface area (Å²) >= 11 is 15.2. The van der Waals surface area contributed by atoms with Gasteiger partial charge in [0.1, 0.15) is 10.3 Å². The van der Waals surface area contributed by atoms with Gasteiger partial charge in [0.25, 0.3) is 0 Å². The van der Waals surface area contributed by atoms with Gasteiger partial charge in [-0.25, -0.2) is 9.97 Å². The fourth-order valence-corrected chi connectivity index (χ4v) is 2.21. The van der Waals surface area contributed by atoms with E-state index in [1.807, 2.05) is 12.1 Å². The van der Waals surface area contributed by atoms with Crippen molar-refractivity contribution in [2.45, 2.75) is 26.2 Å². The molecule has 0 amide bonds. The molecule has 0 spiro atoms. The summed E-state index contributed by atoms with van der Waals surface area (Å²) < 4.78 is 0.519. The third-order valence-corrected chi connectivity index (χ3v) is 4.53. The Balaban J connectivity index is 2.43. The SMILES string of the molecule is CC(C)(C)c1ccc(-c2nc(Cl)c(Br)c(Cl)n2)cc1. The van der Waals surface area contributed by atoms with Crippen LogP contribution < -0.4 is 0 Å². The molecule has 0 N–H and O–H groups in total. The van der Waals surface area contributed by atoms with Gasteiger partial charge in [-0.1, -0.05) is 68.2 Å². The van der Waals surface area contributed by atoms with Crippen LogP contribution in [0.5, 0.6) is 0 Å².